The first-order valence-electron chi connectivity index (χ1n) is 10.7. The SMILES string of the molecule is CCCN(Cc1ccc(/C(C)=C/C=C\C=C\c2nn[nH]n2)cc1)C(=N)SC(=N)N(N)S(=O)(=O)C(F)(F)F. The van der Waals surface area contributed by atoms with Crippen LogP contribution in [0.3, 0.4) is 0 Å². The Labute approximate surface area is 216 Å². The third-order valence-electron chi connectivity index (χ3n) is 4.68. The number of tetrazole rings is 1. The summed E-state index contributed by atoms with van der Waals surface area (Å²) in [6.07, 6.45) is 9.67. The van der Waals surface area contributed by atoms with Crippen molar-refractivity contribution in [2.75, 3.05) is 6.54 Å². The van der Waals surface area contributed by atoms with E-state index in [2.05, 4.69) is 20.6 Å². The molecule has 0 radical (unpaired) electrons. The minimum absolute atomic E-state index is 0.217. The van der Waals surface area contributed by atoms with Gasteiger partial charge in [0, 0.05) is 13.1 Å². The smallest absolute Gasteiger partial charge is 0.347 e. The summed E-state index contributed by atoms with van der Waals surface area (Å²) in [5.74, 6) is 5.48. The summed E-state index contributed by atoms with van der Waals surface area (Å²) >= 11 is 0.217. The number of thioether (sulfide) groups is 1. The van der Waals surface area contributed by atoms with Crippen LogP contribution in [0, 0.1) is 10.8 Å². The lowest BCUT2D eigenvalue weighted by Crippen LogP contribution is -2.48. The Bertz CT molecular complexity index is 1260. The lowest BCUT2D eigenvalue weighted by molar-refractivity contribution is -0.0472. The zero-order chi connectivity index (χ0) is 27.6. The highest BCUT2D eigenvalue weighted by atomic mass is 32.2. The van der Waals surface area contributed by atoms with Gasteiger partial charge in [-0.05, 0) is 53.1 Å². The van der Waals surface area contributed by atoms with Crippen LogP contribution >= 0.6 is 11.8 Å². The van der Waals surface area contributed by atoms with Crippen LogP contribution in [-0.2, 0) is 16.6 Å². The summed E-state index contributed by atoms with van der Waals surface area (Å²) in [5.41, 5.74) is -2.89. The number of aromatic nitrogens is 4. The molecule has 1 aromatic carbocycles. The largest absolute Gasteiger partial charge is 0.518 e. The molecule has 0 bridgehead atoms. The maximum atomic E-state index is 12.7. The van der Waals surface area contributed by atoms with E-state index in [1.54, 1.807) is 12.2 Å². The molecular formula is C21H26F3N9O2S2. The number of halogens is 3. The first kappa shape index (κ1) is 29.7. The molecule has 0 aliphatic rings. The van der Waals surface area contributed by atoms with Gasteiger partial charge in [-0.15, -0.1) is 10.2 Å². The first-order valence-corrected chi connectivity index (χ1v) is 12.9. The average Bonchev–Trinajstić information content (AvgIpc) is 3.36. The molecule has 5 N–H and O–H groups in total. The fourth-order valence-corrected chi connectivity index (χ4v) is 4.19. The number of hydrogen-bond donors (Lipinski definition) is 4. The van der Waals surface area contributed by atoms with Gasteiger partial charge in [0.15, 0.2) is 16.2 Å². The van der Waals surface area contributed by atoms with Crippen LogP contribution in [-0.4, -0.2) is 60.7 Å². The number of alkyl halides is 3. The van der Waals surface area contributed by atoms with Gasteiger partial charge in [0.2, 0.25) is 0 Å². The second-order valence-electron chi connectivity index (χ2n) is 7.44. The maximum absolute atomic E-state index is 12.7. The molecule has 0 aliphatic heterocycles. The highest BCUT2D eigenvalue weighted by molar-refractivity contribution is 8.26. The molecule has 1 aromatic heterocycles. The van der Waals surface area contributed by atoms with E-state index in [-0.39, 0.29) is 23.5 Å². The molecular weight excluding hydrogens is 531 g/mol. The van der Waals surface area contributed by atoms with Crippen LogP contribution in [0.2, 0.25) is 0 Å². The highest BCUT2D eigenvalue weighted by Gasteiger charge is 2.50. The van der Waals surface area contributed by atoms with Gasteiger partial charge in [0.1, 0.15) is 0 Å². The molecule has 11 nitrogen and oxygen atoms in total. The van der Waals surface area contributed by atoms with Crippen molar-refractivity contribution in [2.24, 2.45) is 5.84 Å². The third kappa shape index (κ3) is 8.54. The first-order chi connectivity index (χ1) is 17.4. The van der Waals surface area contributed by atoms with Gasteiger partial charge in [-0.2, -0.15) is 31.2 Å². The number of aromatic amines is 1. The Balaban J connectivity index is 2.02. The summed E-state index contributed by atoms with van der Waals surface area (Å²) in [6.45, 7) is 4.38. The van der Waals surface area contributed by atoms with E-state index in [4.69, 9.17) is 16.7 Å². The fourth-order valence-electron chi connectivity index (χ4n) is 2.78. The zero-order valence-electron chi connectivity index (χ0n) is 19.9. The van der Waals surface area contributed by atoms with Crippen molar-refractivity contribution in [1.29, 1.82) is 10.8 Å². The van der Waals surface area contributed by atoms with Crippen molar-refractivity contribution in [1.82, 2.24) is 29.9 Å². The normalized spacial score (nSPS) is 12.9. The maximum Gasteiger partial charge on any atom is 0.518 e. The minimum Gasteiger partial charge on any atom is -0.347 e. The predicted molar refractivity (Wildman–Crippen MR) is 137 cm³/mol. The van der Waals surface area contributed by atoms with Gasteiger partial charge in [0.25, 0.3) is 0 Å². The zero-order valence-corrected chi connectivity index (χ0v) is 21.5. The number of benzene rings is 1. The van der Waals surface area contributed by atoms with Gasteiger partial charge in [-0.25, -0.2) is 5.84 Å². The molecule has 2 rings (SSSR count). The summed E-state index contributed by atoms with van der Waals surface area (Å²) < 4.78 is 60.2. The van der Waals surface area contributed by atoms with Crippen LogP contribution in [0.25, 0.3) is 11.6 Å². The predicted octanol–water partition coefficient (Wildman–Crippen LogP) is 3.71. The fraction of sp³-hybridized carbons (Fsp3) is 0.286. The highest BCUT2D eigenvalue weighted by Crippen LogP contribution is 2.27. The molecule has 2 aromatic rings. The van der Waals surface area contributed by atoms with E-state index in [1.165, 1.54) is 4.90 Å². The number of rotatable bonds is 9. The van der Waals surface area contributed by atoms with E-state index in [1.807, 2.05) is 56.3 Å². The Morgan fingerprint density at radius 1 is 1.16 bits per heavy atom. The average molecular weight is 558 g/mol. The van der Waals surface area contributed by atoms with Gasteiger partial charge >= 0.3 is 15.5 Å². The molecule has 0 saturated heterocycles. The molecule has 0 amide bonds. The molecule has 16 heteroatoms. The standard InChI is InChI=1S/C21H26F3N9O2S2/c1-3-13-32(19(25)36-20(26)33(27)37(34,35)21(22,23)24)14-16-9-11-17(12-10-16)15(2)7-5-4-6-8-18-28-30-31-29-18/h4-12,25-26H,3,13-14,27H2,1-2H3,(H,28,29,30,31)/b5-4-,8-6+,15-7+,25-19?,26-20?. The van der Waals surface area contributed by atoms with Crippen molar-refractivity contribution >= 4 is 43.8 Å². The van der Waals surface area contributed by atoms with Crippen LogP contribution in [0.1, 0.15) is 37.2 Å². The van der Waals surface area contributed by atoms with E-state index in [9.17, 15) is 21.6 Å². The number of hydrogen-bond acceptors (Lipinski definition) is 9. The number of hydrazine groups is 1. The van der Waals surface area contributed by atoms with E-state index in [0.29, 0.717) is 18.8 Å². The van der Waals surface area contributed by atoms with Crippen molar-refractivity contribution in [3.63, 3.8) is 0 Å². The second-order valence-corrected chi connectivity index (χ2v) is 10.2. The topological polar surface area (TPSA) is 169 Å². The van der Waals surface area contributed by atoms with Gasteiger partial charge in [-0.1, -0.05) is 55.5 Å². The van der Waals surface area contributed by atoms with Crippen LogP contribution in [0.4, 0.5) is 13.2 Å². The molecule has 0 unspecified atom stereocenters. The minimum atomic E-state index is -5.92. The molecule has 0 fully saturated rings. The molecule has 0 spiro atoms. The number of nitrogens with two attached hydrogens (primary N) is 1. The van der Waals surface area contributed by atoms with Gasteiger partial charge in [0.05, 0.1) is 0 Å². The number of sulfonamides is 1. The molecule has 0 atom stereocenters. The Hall–Kier alpha value is -3.50. The van der Waals surface area contributed by atoms with Crippen LogP contribution in [0.15, 0.2) is 48.6 Å². The molecule has 200 valence electrons. The van der Waals surface area contributed by atoms with Gasteiger partial charge < -0.3 is 4.90 Å². The van der Waals surface area contributed by atoms with E-state index in [0.717, 1.165) is 16.7 Å². The van der Waals surface area contributed by atoms with Crippen LogP contribution < -0.4 is 5.84 Å². The number of allylic oxidation sites excluding steroid dienone is 5. The molecule has 0 saturated carbocycles. The number of nitrogens with zero attached hydrogens (tertiary/aromatic N) is 5. The number of H-pyrrole nitrogens is 1. The van der Waals surface area contributed by atoms with Crippen molar-refractivity contribution in [3.05, 3.63) is 65.5 Å². The summed E-state index contributed by atoms with van der Waals surface area (Å²) in [7, 11) is -5.92. The van der Waals surface area contributed by atoms with Gasteiger partial charge in [-0.3, -0.25) is 10.8 Å². The lowest BCUT2D eigenvalue weighted by Gasteiger charge is -2.26. The van der Waals surface area contributed by atoms with E-state index < -0.39 is 25.1 Å². The Morgan fingerprint density at radius 3 is 2.41 bits per heavy atom. The van der Waals surface area contributed by atoms with Crippen LogP contribution in [0.5, 0.6) is 0 Å². The third-order valence-corrected chi connectivity index (χ3v) is 6.93. The summed E-state index contributed by atoms with van der Waals surface area (Å²) in [6, 6.07) is 7.48. The van der Waals surface area contributed by atoms with Crippen molar-refractivity contribution < 1.29 is 21.6 Å². The summed E-state index contributed by atoms with van der Waals surface area (Å²) in [5, 5.41) is 27.8. The molecule has 1 heterocycles. The second kappa shape index (κ2) is 13.2. The summed E-state index contributed by atoms with van der Waals surface area (Å²) in [4.78, 5) is 1.52. The molecule has 0 aliphatic carbocycles. The Morgan fingerprint density at radius 2 is 1.84 bits per heavy atom. The number of amidine groups is 2. The monoisotopic (exact) mass is 557 g/mol. The Kier molecular flexibility index (Phi) is 10.6. The molecule has 37 heavy (non-hydrogen) atoms. The lowest BCUT2D eigenvalue weighted by atomic mass is 10.0. The van der Waals surface area contributed by atoms with E-state index >= 15 is 0 Å². The quantitative estimate of drug-likeness (QED) is 0.119. The number of nitrogens with one attached hydrogen (secondary N) is 3. The van der Waals surface area contributed by atoms with Crippen molar-refractivity contribution in [2.45, 2.75) is 32.3 Å². The van der Waals surface area contributed by atoms with Crippen molar-refractivity contribution in [3.8, 4) is 0 Å².